The van der Waals surface area contributed by atoms with Gasteiger partial charge in [0.2, 0.25) is 0 Å². The van der Waals surface area contributed by atoms with E-state index in [4.69, 9.17) is 9.84 Å². The van der Waals surface area contributed by atoms with Gasteiger partial charge in [0.25, 0.3) is 0 Å². The number of carbonyl (C=O) groups is 1. The maximum Gasteiger partial charge on any atom is 0.346 e. The fraction of sp³-hybridized carbons (Fsp3) is 0.643. The molecule has 6 heteroatoms. The predicted molar refractivity (Wildman–Crippen MR) is 77.3 cm³/mol. The second kappa shape index (κ2) is 6.22. The van der Waals surface area contributed by atoms with Gasteiger partial charge in [0.15, 0.2) is 0 Å². The van der Waals surface area contributed by atoms with Crippen LogP contribution in [0, 0.1) is 0 Å². The van der Waals surface area contributed by atoms with Gasteiger partial charge in [-0.3, -0.25) is 4.90 Å². The second-order valence-electron chi connectivity index (χ2n) is 5.46. The first-order valence-electron chi connectivity index (χ1n) is 7.10. The summed E-state index contributed by atoms with van der Waals surface area (Å²) in [5, 5.41) is 14.2. The van der Waals surface area contributed by atoms with E-state index < -0.39 is 5.97 Å². The Morgan fingerprint density at radius 2 is 2.50 bits per heavy atom. The topological polar surface area (TPSA) is 61.8 Å². The van der Waals surface area contributed by atoms with Gasteiger partial charge in [-0.15, -0.1) is 11.3 Å². The SMILES string of the molecule is O=C(O)c1sccc1CNCC1CN2CCCC2CO1. The molecule has 0 bridgehead atoms. The lowest BCUT2D eigenvalue weighted by Gasteiger charge is -2.35. The summed E-state index contributed by atoms with van der Waals surface area (Å²) in [7, 11) is 0. The molecule has 2 N–H and O–H groups in total. The van der Waals surface area contributed by atoms with Crippen molar-refractivity contribution in [3.63, 3.8) is 0 Å². The molecule has 0 saturated carbocycles. The molecule has 0 spiro atoms. The molecule has 0 aliphatic carbocycles. The minimum Gasteiger partial charge on any atom is -0.477 e. The fourth-order valence-corrected chi connectivity index (χ4v) is 3.80. The average Bonchev–Trinajstić information content (AvgIpc) is 3.06. The van der Waals surface area contributed by atoms with E-state index in [1.165, 1.54) is 30.7 Å². The molecule has 1 aromatic heterocycles. The molecular formula is C14H20N2O3S. The van der Waals surface area contributed by atoms with Gasteiger partial charge in [-0.05, 0) is 36.4 Å². The molecular weight excluding hydrogens is 276 g/mol. The lowest BCUT2D eigenvalue weighted by atomic mass is 10.2. The Labute approximate surface area is 122 Å². The number of aromatic carboxylic acids is 1. The number of nitrogens with one attached hydrogen (secondary N) is 1. The first kappa shape index (κ1) is 14.0. The van der Waals surface area contributed by atoms with Gasteiger partial charge in [0.1, 0.15) is 4.88 Å². The van der Waals surface area contributed by atoms with Crippen LogP contribution in [-0.2, 0) is 11.3 Å². The predicted octanol–water partition coefficient (Wildman–Crippen LogP) is 1.40. The first-order chi connectivity index (χ1) is 9.74. The average molecular weight is 296 g/mol. The molecule has 3 rings (SSSR count). The standard InChI is InChI=1S/C14H20N2O3S/c17-14(18)13-10(3-5-20-13)6-15-7-12-8-16-4-1-2-11(16)9-19-12/h3,5,11-12,15H,1-2,4,6-9H2,(H,17,18). The Balaban J connectivity index is 1.46. The van der Waals surface area contributed by atoms with Crippen LogP contribution in [0.15, 0.2) is 11.4 Å². The van der Waals surface area contributed by atoms with Crippen LogP contribution < -0.4 is 5.32 Å². The Morgan fingerprint density at radius 1 is 1.60 bits per heavy atom. The first-order valence-corrected chi connectivity index (χ1v) is 7.98. The Morgan fingerprint density at radius 3 is 3.35 bits per heavy atom. The quantitative estimate of drug-likeness (QED) is 0.860. The molecule has 0 amide bonds. The summed E-state index contributed by atoms with van der Waals surface area (Å²) >= 11 is 1.28. The normalized spacial score (nSPS) is 26.6. The lowest BCUT2D eigenvalue weighted by Crippen LogP contribution is -2.49. The van der Waals surface area contributed by atoms with Crippen molar-refractivity contribution in [1.29, 1.82) is 0 Å². The summed E-state index contributed by atoms with van der Waals surface area (Å²) < 4.78 is 5.87. The highest BCUT2D eigenvalue weighted by Gasteiger charge is 2.31. The van der Waals surface area contributed by atoms with Gasteiger partial charge in [0, 0.05) is 25.7 Å². The van der Waals surface area contributed by atoms with E-state index in [-0.39, 0.29) is 6.10 Å². The minimum absolute atomic E-state index is 0.219. The lowest BCUT2D eigenvalue weighted by molar-refractivity contribution is -0.0470. The summed E-state index contributed by atoms with van der Waals surface area (Å²) in [5.41, 5.74) is 0.859. The largest absolute Gasteiger partial charge is 0.477 e. The van der Waals surface area contributed by atoms with Gasteiger partial charge < -0.3 is 15.2 Å². The number of hydrogen-bond donors (Lipinski definition) is 2. The van der Waals surface area contributed by atoms with E-state index in [1.807, 2.05) is 11.4 Å². The van der Waals surface area contributed by atoms with Crippen molar-refractivity contribution in [3.05, 3.63) is 21.9 Å². The molecule has 2 aliphatic heterocycles. The molecule has 2 fully saturated rings. The van der Waals surface area contributed by atoms with Crippen LogP contribution in [0.2, 0.25) is 0 Å². The van der Waals surface area contributed by atoms with E-state index in [0.29, 0.717) is 17.5 Å². The van der Waals surface area contributed by atoms with Crippen LogP contribution in [0.5, 0.6) is 0 Å². The summed E-state index contributed by atoms with van der Waals surface area (Å²) in [6, 6.07) is 2.50. The van der Waals surface area contributed by atoms with Crippen LogP contribution in [0.1, 0.15) is 28.1 Å². The van der Waals surface area contributed by atoms with E-state index in [1.54, 1.807) is 0 Å². The van der Waals surface area contributed by atoms with Crippen LogP contribution in [-0.4, -0.2) is 54.4 Å². The molecule has 110 valence electrons. The Bertz CT molecular complexity index is 477. The third-order valence-corrected chi connectivity index (χ3v) is 5.03. The Hall–Kier alpha value is -0.950. The number of thiophene rings is 1. The molecule has 20 heavy (non-hydrogen) atoms. The molecule has 2 aliphatic rings. The van der Waals surface area contributed by atoms with Gasteiger partial charge in [-0.2, -0.15) is 0 Å². The van der Waals surface area contributed by atoms with Gasteiger partial charge in [0.05, 0.1) is 12.7 Å². The van der Waals surface area contributed by atoms with Crippen LogP contribution in [0.3, 0.4) is 0 Å². The molecule has 3 heterocycles. The zero-order valence-corrected chi connectivity index (χ0v) is 12.2. The minimum atomic E-state index is -0.842. The molecule has 2 saturated heterocycles. The maximum atomic E-state index is 11.0. The van der Waals surface area contributed by atoms with Crippen molar-refractivity contribution in [3.8, 4) is 0 Å². The summed E-state index contributed by atoms with van der Waals surface area (Å²) in [6.45, 7) is 4.39. The highest BCUT2D eigenvalue weighted by Crippen LogP contribution is 2.22. The van der Waals surface area contributed by atoms with Crippen LogP contribution >= 0.6 is 11.3 Å². The number of nitrogens with zero attached hydrogens (tertiary/aromatic N) is 1. The van der Waals surface area contributed by atoms with Crippen molar-refractivity contribution in [2.75, 3.05) is 26.2 Å². The number of carboxylic acids is 1. The fourth-order valence-electron chi connectivity index (χ4n) is 3.04. The van der Waals surface area contributed by atoms with Gasteiger partial charge >= 0.3 is 5.97 Å². The van der Waals surface area contributed by atoms with Crippen molar-refractivity contribution < 1.29 is 14.6 Å². The van der Waals surface area contributed by atoms with Crippen molar-refractivity contribution in [2.45, 2.75) is 31.5 Å². The molecule has 2 unspecified atom stereocenters. The van der Waals surface area contributed by atoms with E-state index >= 15 is 0 Å². The number of fused-ring (bicyclic) bond motifs is 1. The van der Waals surface area contributed by atoms with Crippen LogP contribution in [0.25, 0.3) is 0 Å². The summed E-state index contributed by atoms with van der Waals surface area (Å²) in [6.07, 6.45) is 2.76. The smallest absolute Gasteiger partial charge is 0.346 e. The number of ether oxygens (including phenoxy) is 1. The Kier molecular flexibility index (Phi) is 4.35. The number of rotatable bonds is 5. The molecule has 1 aromatic rings. The molecule has 0 radical (unpaired) electrons. The number of carboxylic acid groups (broad SMARTS) is 1. The highest BCUT2D eigenvalue weighted by molar-refractivity contribution is 7.12. The summed E-state index contributed by atoms with van der Waals surface area (Å²) in [4.78, 5) is 14.0. The molecule has 2 atom stereocenters. The zero-order valence-electron chi connectivity index (χ0n) is 11.4. The number of morpholine rings is 1. The summed E-state index contributed by atoms with van der Waals surface area (Å²) in [5.74, 6) is -0.842. The second-order valence-corrected chi connectivity index (χ2v) is 6.37. The van der Waals surface area contributed by atoms with Gasteiger partial charge in [-0.25, -0.2) is 4.79 Å². The van der Waals surface area contributed by atoms with Crippen molar-refractivity contribution in [1.82, 2.24) is 10.2 Å². The van der Waals surface area contributed by atoms with Crippen LogP contribution in [0.4, 0.5) is 0 Å². The zero-order chi connectivity index (χ0) is 13.9. The van der Waals surface area contributed by atoms with Crippen molar-refractivity contribution >= 4 is 17.3 Å². The third-order valence-electron chi connectivity index (χ3n) is 4.09. The molecule has 5 nitrogen and oxygen atoms in total. The monoisotopic (exact) mass is 296 g/mol. The number of hydrogen-bond acceptors (Lipinski definition) is 5. The van der Waals surface area contributed by atoms with E-state index in [0.717, 1.165) is 25.3 Å². The third kappa shape index (κ3) is 3.03. The maximum absolute atomic E-state index is 11.0. The van der Waals surface area contributed by atoms with E-state index in [2.05, 4.69) is 10.2 Å². The van der Waals surface area contributed by atoms with Gasteiger partial charge in [-0.1, -0.05) is 0 Å². The molecule has 0 aromatic carbocycles. The van der Waals surface area contributed by atoms with Crippen molar-refractivity contribution in [2.24, 2.45) is 0 Å². The van der Waals surface area contributed by atoms with E-state index in [9.17, 15) is 4.79 Å². The highest BCUT2D eigenvalue weighted by atomic mass is 32.1.